The molecule has 1 unspecified atom stereocenters. The molecule has 0 heterocycles. The van der Waals surface area contributed by atoms with Crippen LogP contribution in [0.2, 0.25) is 0 Å². The first-order chi connectivity index (χ1) is 8.71. The van der Waals surface area contributed by atoms with Crippen molar-refractivity contribution in [2.24, 2.45) is 0 Å². The van der Waals surface area contributed by atoms with E-state index in [-0.39, 0.29) is 11.9 Å². The highest BCUT2D eigenvalue weighted by atomic mass is 16.5. The van der Waals surface area contributed by atoms with Crippen LogP contribution in [0.25, 0.3) is 0 Å². The first-order valence-corrected chi connectivity index (χ1v) is 6.48. The van der Waals surface area contributed by atoms with E-state index in [0.717, 1.165) is 24.2 Å². The van der Waals surface area contributed by atoms with Crippen molar-refractivity contribution >= 4 is 5.78 Å². The van der Waals surface area contributed by atoms with Crippen LogP contribution in [-0.4, -0.2) is 25.6 Å². The van der Waals surface area contributed by atoms with Crippen molar-refractivity contribution < 1.29 is 14.3 Å². The van der Waals surface area contributed by atoms with Crippen LogP contribution in [0.1, 0.15) is 32.3 Å². The van der Waals surface area contributed by atoms with Crippen LogP contribution >= 0.6 is 0 Å². The Balaban J connectivity index is 2.66. The van der Waals surface area contributed by atoms with Gasteiger partial charge in [0.1, 0.15) is 11.9 Å². The highest BCUT2D eigenvalue weighted by Gasteiger charge is 2.17. The second-order valence-electron chi connectivity index (χ2n) is 4.23. The standard InChI is InChI=1S/C15H22O3/c1-4-7-15(18-5-2)14(16)11-12-8-6-9-13(10-12)17-3/h6,8-10,15H,4-5,7,11H2,1-3H3. The molecule has 100 valence electrons. The number of rotatable bonds is 8. The summed E-state index contributed by atoms with van der Waals surface area (Å²) in [5.74, 6) is 0.927. The summed E-state index contributed by atoms with van der Waals surface area (Å²) in [4.78, 5) is 12.1. The molecule has 0 N–H and O–H groups in total. The highest BCUT2D eigenvalue weighted by molar-refractivity contribution is 5.85. The average molecular weight is 250 g/mol. The number of ether oxygens (including phenoxy) is 2. The maximum atomic E-state index is 12.1. The Kier molecular flexibility index (Phi) is 6.44. The van der Waals surface area contributed by atoms with Crippen molar-refractivity contribution in [1.29, 1.82) is 0 Å². The molecule has 0 radical (unpaired) electrons. The van der Waals surface area contributed by atoms with Crippen molar-refractivity contribution in [3.63, 3.8) is 0 Å². The summed E-state index contributed by atoms with van der Waals surface area (Å²) in [5.41, 5.74) is 0.972. The summed E-state index contributed by atoms with van der Waals surface area (Å²) in [5, 5.41) is 0. The average Bonchev–Trinajstić information content (AvgIpc) is 2.38. The fraction of sp³-hybridized carbons (Fsp3) is 0.533. The summed E-state index contributed by atoms with van der Waals surface area (Å²) in [7, 11) is 1.63. The number of Topliss-reactive ketones (excluding diaryl/α,β-unsaturated/α-hetero) is 1. The molecule has 18 heavy (non-hydrogen) atoms. The van der Waals surface area contributed by atoms with Gasteiger partial charge in [0.05, 0.1) is 7.11 Å². The molecule has 3 heteroatoms. The molecular formula is C15H22O3. The van der Waals surface area contributed by atoms with Crippen molar-refractivity contribution in [3.05, 3.63) is 29.8 Å². The first kappa shape index (κ1) is 14.7. The Morgan fingerprint density at radius 1 is 1.33 bits per heavy atom. The van der Waals surface area contributed by atoms with Crippen molar-refractivity contribution in [2.75, 3.05) is 13.7 Å². The van der Waals surface area contributed by atoms with E-state index in [2.05, 4.69) is 6.92 Å². The van der Waals surface area contributed by atoms with Crippen LogP contribution < -0.4 is 4.74 Å². The van der Waals surface area contributed by atoms with Gasteiger partial charge in [0, 0.05) is 13.0 Å². The topological polar surface area (TPSA) is 35.5 Å². The zero-order chi connectivity index (χ0) is 13.4. The molecule has 0 aliphatic heterocycles. The molecular weight excluding hydrogens is 228 g/mol. The molecule has 0 aliphatic rings. The fourth-order valence-electron chi connectivity index (χ4n) is 1.90. The molecule has 3 nitrogen and oxygen atoms in total. The number of hydrogen-bond acceptors (Lipinski definition) is 3. The van der Waals surface area contributed by atoms with E-state index in [0.29, 0.717) is 13.0 Å². The lowest BCUT2D eigenvalue weighted by molar-refractivity contribution is -0.130. The smallest absolute Gasteiger partial charge is 0.165 e. The van der Waals surface area contributed by atoms with E-state index in [1.165, 1.54) is 0 Å². The Labute approximate surface area is 109 Å². The van der Waals surface area contributed by atoms with Gasteiger partial charge in [-0.15, -0.1) is 0 Å². The van der Waals surface area contributed by atoms with Gasteiger partial charge in [-0.2, -0.15) is 0 Å². The zero-order valence-corrected chi connectivity index (χ0v) is 11.4. The molecule has 1 rings (SSSR count). The van der Waals surface area contributed by atoms with Crippen LogP contribution in [0.5, 0.6) is 5.75 Å². The molecule has 0 fully saturated rings. The Morgan fingerprint density at radius 2 is 2.11 bits per heavy atom. The lowest BCUT2D eigenvalue weighted by atomic mass is 10.0. The maximum Gasteiger partial charge on any atom is 0.165 e. The van der Waals surface area contributed by atoms with Gasteiger partial charge in [0.15, 0.2) is 5.78 Å². The Morgan fingerprint density at radius 3 is 2.72 bits per heavy atom. The Hall–Kier alpha value is -1.35. The van der Waals surface area contributed by atoms with E-state index in [1.54, 1.807) is 7.11 Å². The van der Waals surface area contributed by atoms with Crippen molar-refractivity contribution in [1.82, 2.24) is 0 Å². The third kappa shape index (κ3) is 4.49. The molecule has 0 saturated carbocycles. The normalized spacial score (nSPS) is 12.2. The lowest BCUT2D eigenvalue weighted by Crippen LogP contribution is -2.25. The molecule has 1 aromatic rings. The highest BCUT2D eigenvalue weighted by Crippen LogP contribution is 2.15. The zero-order valence-electron chi connectivity index (χ0n) is 11.4. The predicted octanol–water partition coefficient (Wildman–Crippen LogP) is 3.01. The minimum atomic E-state index is -0.272. The van der Waals surface area contributed by atoms with Crippen LogP contribution in [0.4, 0.5) is 0 Å². The molecule has 0 amide bonds. The molecule has 0 spiro atoms. The minimum absolute atomic E-state index is 0.145. The quantitative estimate of drug-likeness (QED) is 0.711. The number of carbonyl (C=O) groups excluding carboxylic acids is 1. The van der Waals surface area contributed by atoms with Crippen LogP contribution in [0.15, 0.2) is 24.3 Å². The minimum Gasteiger partial charge on any atom is -0.497 e. The third-order valence-corrected chi connectivity index (χ3v) is 2.79. The van der Waals surface area contributed by atoms with Crippen molar-refractivity contribution in [3.8, 4) is 5.75 Å². The van der Waals surface area contributed by atoms with E-state index in [9.17, 15) is 4.79 Å². The SMILES string of the molecule is CCCC(OCC)C(=O)Cc1cccc(OC)c1. The van der Waals surface area contributed by atoms with Gasteiger partial charge in [0.2, 0.25) is 0 Å². The summed E-state index contributed by atoms with van der Waals surface area (Å²) in [6.45, 7) is 4.56. The number of carbonyl (C=O) groups is 1. The molecule has 0 saturated heterocycles. The summed E-state index contributed by atoms with van der Waals surface area (Å²) < 4.78 is 10.6. The third-order valence-electron chi connectivity index (χ3n) is 2.79. The summed E-state index contributed by atoms with van der Waals surface area (Å²) >= 11 is 0. The second-order valence-corrected chi connectivity index (χ2v) is 4.23. The Bertz CT molecular complexity index is 368. The molecule has 0 aliphatic carbocycles. The van der Waals surface area contributed by atoms with E-state index in [1.807, 2.05) is 31.2 Å². The molecule has 0 aromatic heterocycles. The van der Waals surface area contributed by atoms with E-state index >= 15 is 0 Å². The van der Waals surface area contributed by atoms with Gasteiger partial charge in [-0.3, -0.25) is 4.79 Å². The monoisotopic (exact) mass is 250 g/mol. The molecule has 0 bridgehead atoms. The van der Waals surface area contributed by atoms with Crippen LogP contribution in [0, 0.1) is 0 Å². The van der Waals surface area contributed by atoms with Gasteiger partial charge < -0.3 is 9.47 Å². The van der Waals surface area contributed by atoms with Crippen LogP contribution in [0.3, 0.4) is 0 Å². The van der Waals surface area contributed by atoms with Gasteiger partial charge in [-0.05, 0) is 31.0 Å². The number of methoxy groups -OCH3 is 1. The first-order valence-electron chi connectivity index (χ1n) is 6.48. The second kappa shape index (κ2) is 7.88. The predicted molar refractivity (Wildman–Crippen MR) is 72.0 cm³/mol. The number of hydrogen-bond donors (Lipinski definition) is 0. The molecule has 1 aromatic carbocycles. The fourth-order valence-corrected chi connectivity index (χ4v) is 1.90. The van der Waals surface area contributed by atoms with E-state index < -0.39 is 0 Å². The summed E-state index contributed by atoms with van der Waals surface area (Å²) in [6.07, 6.45) is 1.87. The largest absolute Gasteiger partial charge is 0.497 e. The van der Waals surface area contributed by atoms with Gasteiger partial charge in [-0.25, -0.2) is 0 Å². The van der Waals surface area contributed by atoms with Gasteiger partial charge in [0.25, 0.3) is 0 Å². The van der Waals surface area contributed by atoms with Crippen LogP contribution in [-0.2, 0) is 16.0 Å². The number of ketones is 1. The van der Waals surface area contributed by atoms with E-state index in [4.69, 9.17) is 9.47 Å². The summed E-state index contributed by atoms with van der Waals surface area (Å²) in [6, 6.07) is 7.61. The van der Waals surface area contributed by atoms with Gasteiger partial charge >= 0.3 is 0 Å². The molecule has 1 atom stereocenters. The van der Waals surface area contributed by atoms with Crippen molar-refractivity contribution in [2.45, 2.75) is 39.2 Å². The maximum absolute atomic E-state index is 12.1. The lowest BCUT2D eigenvalue weighted by Gasteiger charge is -2.15. The van der Waals surface area contributed by atoms with Gasteiger partial charge in [-0.1, -0.05) is 25.5 Å². The number of benzene rings is 1.